The molecule has 0 bridgehead atoms. The van der Waals surface area contributed by atoms with Crippen LogP contribution in [-0.4, -0.2) is 16.7 Å². The number of nitrogens with one attached hydrogen (secondary N) is 1. The molecule has 0 saturated carbocycles. The third-order valence-corrected chi connectivity index (χ3v) is 1.47. The summed E-state index contributed by atoms with van der Waals surface area (Å²) >= 11 is 0. The molecule has 2 rings (SSSR count). The van der Waals surface area contributed by atoms with Crippen molar-refractivity contribution in [1.29, 1.82) is 0 Å². The fourth-order valence-corrected chi connectivity index (χ4v) is 0.951. The van der Waals surface area contributed by atoms with Crippen LogP contribution in [0.3, 0.4) is 0 Å². The number of anilines is 1. The SMILES string of the molecule is C1=CNN(c2cccnn2)C1. The summed E-state index contributed by atoms with van der Waals surface area (Å²) < 4.78 is 0. The van der Waals surface area contributed by atoms with Gasteiger partial charge in [-0.25, -0.2) is 0 Å². The minimum absolute atomic E-state index is 0.845. The highest BCUT2D eigenvalue weighted by Gasteiger charge is 2.06. The van der Waals surface area contributed by atoms with E-state index < -0.39 is 0 Å². The topological polar surface area (TPSA) is 41.0 Å². The first kappa shape index (κ1) is 6.15. The van der Waals surface area contributed by atoms with Crippen molar-refractivity contribution in [3.63, 3.8) is 0 Å². The molecule has 1 aliphatic rings. The minimum Gasteiger partial charge on any atom is -0.304 e. The summed E-state index contributed by atoms with van der Waals surface area (Å²) in [6.07, 6.45) is 5.57. The molecule has 2 heterocycles. The van der Waals surface area contributed by atoms with Crippen molar-refractivity contribution in [2.45, 2.75) is 0 Å². The van der Waals surface area contributed by atoms with Crippen LogP contribution in [0.4, 0.5) is 5.82 Å². The van der Waals surface area contributed by atoms with E-state index in [1.165, 1.54) is 0 Å². The second-order valence-corrected chi connectivity index (χ2v) is 2.22. The molecule has 0 spiro atoms. The Hall–Kier alpha value is -1.58. The summed E-state index contributed by atoms with van der Waals surface area (Å²) in [7, 11) is 0. The van der Waals surface area contributed by atoms with Crippen molar-refractivity contribution in [2.24, 2.45) is 0 Å². The Morgan fingerprint density at radius 3 is 3.18 bits per heavy atom. The van der Waals surface area contributed by atoms with E-state index in [0.29, 0.717) is 0 Å². The molecule has 0 fully saturated rings. The molecule has 56 valence electrons. The fraction of sp³-hybridized carbons (Fsp3) is 0.143. The highest BCUT2D eigenvalue weighted by molar-refractivity contribution is 5.37. The molecule has 0 radical (unpaired) electrons. The second kappa shape index (κ2) is 2.57. The van der Waals surface area contributed by atoms with Crippen molar-refractivity contribution in [3.05, 3.63) is 30.6 Å². The minimum atomic E-state index is 0.845. The van der Waals surface area contributed by atoms with Crippen LogP contribution in [0.25, 0.3) is 0 Å². The van der Waals surface area contributed by atoms with Crippen molar-refractivity contribution >= 4 is 5.82 Å². The monoisotopic (exact) mass is 148 g/mol. The first-order chi connectivity index (χ1) is 5.47. The lowest BCUT2D eigenvalue weighted by Gasteiger charge is -2.15. The maximum absolute atomic E-state index is 3.93. The molecular formula is C7H8N4. The summed E-state index contributed by atoms with van der Waals surface area (Å²) in [6.45, 7) is 0.846. The molecule has 1 N–H and O–H groups in total. The molecular weight excluding hydrogens is 140 g/mol. The Morgan fingerprint density at radius 2 is 2.55 bits per heavy atom. The van der Waals surface area contributed by atoms with Gasteiger partial charge in [0.15, 0.2) is 5.82 Å². The van der Waals surface area contributed by atoms with Gasteiger partial charge in [0.1, 0.15) is 0 Å². The Labute approximate surface area is 64.5 Å². The Morgan fingerprint density at radius 1 is 1.55 bits per heavy atom. The van der Waals surface area contributed by atoms with E-state index in [2.05, 4.69) is 15.6 Å². The third kappa shape index (κ3) is 1.14. The first-order valence-electron chi connectivity index (χ1n) is 3.43. The molecule has 4 heteroatoms. The number of rotatable bonds is 1. The lowest BCUT2D eigenvalue weighted by atomic mass is 10.5. The van der Waals surface area contributed by atoms with Crippen LogP contribution in [0.2, 0.25) is 0 Å². The van der Waals surface area contributed by atoms with Gasteiger partial charge in [0.25, 0.3) is 0 Å². The van der Waals surface area contributed by atoms with Gasteiger partial charge in [-0.1, -0.05) is 0 Å². The van der Waals surface area contributed by atoms with E-state index in [1.807, 2.05) is 29.4 Å². The Bertz CT molecular complexity index is 248. The molecule has 4 nitrogen and oxygen atoms in total. The number of aromatic nitrogens is 2. The highest BCUT2D eigenvalue weighted by atomic mass is 15.5. The largest absolute Gasteiger partial charge is 0.304 e. The molecule has 0 aliphatic carbocycles. The van der Waals surface area contributed by atoms with E-state index in [-0.39, 0.29) is 0 Å². The van der Waals surface area contributed by atoms with E-state index in [9.17, 15) is 0 Å². The van der Waals surface area contributed by atoms with Crippen LogP contribution in [0.15, 0.2) is 30.6 Å². The number of nitrogens with zero attached hydrogens (tertiary/aromatic N) is 3. The van der Waals surface area contributed by atoms with Crippen LogP contribution < -0.4 is 10.4 Å². The van der Waals surface area contributed by atoms with Gasteiger partial charge >= 0.3 is 0 Å². The highest BCUT2D eigenvalue weighted by Crippen LogP contribution is 2.06. The fourth-order valence-electron chi connectivity index (χ4n) is 0.951. The molecule has 1 aromatic heterocycles. The molecule has 1 aromatic rings. The van der Waals surface area contributed by atoms with Crippen molar-refractivity contribution in [3.8, 4) is 0 Å². The summed E-state index contributed by atoms with van der Waals surface area (Å²) in [6, 6.07) is 3.77. The zero-order valence-electron chi connectivity index (χ0n) is 5.94. The summed E-state index contributed by atoms with van der Waals surface area (Å²) in [4.78, 5) is 0. The lowest BCUT2D eigenvalue weighted by Crippen LogP contribution is -2.30. The molecule has 0 saturated heterocycles. The second-order valence-electron chi connectivity index (χ2n) is 2.22. The van der Waals surface area contributed by atoms with Crippen molar-refractivity contribution in [2.75, 3.05) is 11.6 Å². The zero-order chi connectivity index (χ0) is 7.52. The Kier molecular flexibility index (Phi) is 1.44. The van der Waals surface area contributed by atoms with E-state index in [0.717, 1.165) is 12.4 Å². The third-order valence-electron chi connectivity index (χ3n) is 1.47. The predicted molar refractivity (Wildman–Crippen MR) is 41.7 cm³/mol. The number of hydrogen-bond acceptors (Lipinski definition) is 4. The average molecular weight is 148 g/mol. The summed E-state index contributed by atoms with van der Waals surface area (Å²) in [5.74, 6) is 0.845. The quantitative estimate of drug-likeness (QED) is 0.622. The van der Waals surface area contributed by atoms with Crippen LogP contribution in [0.5, 0.6) is 0 Å². The molecule has 11 heavy (non-hydrogen) atoms. The predicted octanol–water partition coefficient (Wildman–Crippen LogP) is 0.315. The average Bonchev–Trinajstić information content (AvgIpc) is 2.58. The Balaban J connectivity index is 2.17. The molecule has 0 aromatic carbocycles. The number of hydrogen-bond donors (Lipinski definition) is 1. The molecule has 0 amide bonds. The van der Waals surface area contributed by atoms with Gasteiger partial charge in [0, 0.05) is 12.4 Å². The summed E-state index contributed by atoms with van der Waals surface area (Å²) in [5, 5.41) is 9.61. The summed E-state index contributed by atoms with van der Waals surface area (Å²) in [5.41, 5.74) is 3.02. The van der Waals surface area contributed by atoms with Gasteiger partial charge in [0.2, 0.25) is 0 Å². The zero-order valence-corrected chi connectivity index (χ0v) is 5.94. The van der Waals surface area contributed by atoms with Gasteiger partial charge in [-0.05, 0) is 18.2 Å². The molecule has 0 atom stereocenters. The van der Waals surface area contributed by atoms with Crippen molar-refractivity contribution < 1.29 is 0 Å². The smallest absolute Gasteiger partial charge is 0.169 e. The number of hydrazine groups is 1. The van der Waals surface area contributed by atoms with Crippen molar-refractivity contribution in [1.82, 2.24) is 15.6 Å². The first-order valence-corrected chi connectivity index (χ1v) is 3.43. The van der Waals surface area contributed by atoms with Crippen LogP contribution >= 0.6 is 0 Å². The van der Waals surface area contributed by atoms with E-state index in [1.54, 1.807) is 6.20 Å². The van der Waals surface area contributed by atoms with Crippen LogP contribution in [0, 0.1) is 0 Å². The molecule has 0 unspecified atom stereocenters. The standard InChI is InChI=1S/C7H8N4/c1-3-7(10-8-4-1)11-6-2-5-9-11/h1-5,9H,6H2. The van der Waals surface area contributed by atoms with Gasteiger partial charge in [-0.15, -0.1) is 5.10 Å². The van der Waals surface area contributed by atoms with E-state index in [4.69, 9.17) is 0 Å². The van der Waals surface area contributed by atoms with Gasteiger partial charge in [-0.3, -0.25) is 5.01 Å². The van der Waals surface area contributed by atoms with Gasteiger partial charge in [-0.2, -0.15) is 5.10 Å². The van der Waals surface area contributed by atoms with E-state index >= 15 is 0 Å². The van der Waals surface area contributed by atoms with Crippen LogP contribution in [-0.2, 0) is 0 Å². The van der Waals surface area contributed by atoms with Gasteiger partial charge < -0.3 is 5.43 Å². The molecule has 1 aliphatic heterocycles. The van der Waals surface area contributed by atoms with Gasteiger partial charge in [0.05, 0.1) is 6.54 Å². The van der Waals surface area contributed by atoms with Crippen LogP contribution in [0.1, 0.15) is 0 Å². The lowest BCUT2D eigenvalue weighted by molar-refractivity contribution is 0.801. The maximum Gasteiger partial charge on any atom is 0.169 e. The maximum atomic E-state index is 3.93. The normalized spacial score (nSPS) is 15.1.